The van der Waals surface area contributed by atoms with Crippen LogP contribution in [-0.2, 0) is 0 Å². The molecule has 0 bridgehead atoms. The van der Waals surface area contributed by atoms with Gasteiger partial charge in [0.2, 0.25) is 0 Å². The van der Waals surface area contributed by atoms with Crippen LogP contribution in [0.15, 0.2) is 24.3 Å². The molecular weight excluding hydrogens is 248 g/mol. The van der Waals surface area contributed by atoms with E-state index in [2.05, 4.69) is 10.6 Å². The highest BCUT2D eigenvalue weighted by Crippen LogP contribution is 2.10. The zero-order chi connectivity index (χ0) is 12.1. The highest BCUT2D eigenvalue weighted by molar-refractivity contribution is 5.95. The van der Waals surface area contributed by atoms with E-state index in [1.54, 1.807) is 0 Å². The van der Waals surface area contributed by atoms with Crippen molar-refractivity contribution >= 4 is 18.3 Å². The lowest BCUT2D eigenvalue weighted by Crippen LogP contribution is -2.38. The van der Waals surface area contributed by atoms with Gasteiger partial charge in [0.25, 0.3) is 5.91 Å². The van der Waals surface area contributed by atoms with E-state index in [0.717, 1.165) is 30.8 Å². The van der Waals surface area contributed by atoms with E-state index in [9.17, 15) is 4.79 Å². The van der Waals surface area contributed by atoms with Crippen molar-refractivity contribution in [2.45, 2.75) is 19.8 Å². The molecule has 3 nitrogen and oxygen atoms in total. The van der Waals surface area contributed by atoms with Crippen molar-refractivity contribution in [3.8, 4) is 0 Å². The Morgan fingerprint density at radius 2 is 2.22 bits per heavy atom. The number of benzene rings is 1. The number of nitrogens with one attached hydrogen (secondary N) is 2. The van der Waals surface area contributed by atoms with Crippen LogP contribution in [0.3, 0.4) is 0 Å². The van der Waals surface area contributed by atoms with E-state index in [1.165, 1.54) is 12.8 Å². The molecule has 1 aliphatic heterocycles. The molecule has 0 radical (unpaired) electrons. The van der Waals surface area contributed by atoms with Gasteiger partial charge in [-0.3, -0.25) is 4.79 Å². The maximum Gasteiger partial charge on any atom is 0.251 e. The van der Waals surface area contributed by atoms with Gasteiger partial charge >= 0.3 is 0 Å². The number of amides is 1. The van der Waals surface area contributed by atoms with Gasteiger partial charge in [0.1, 0.15) is 0 Å². The molecule has 0 aliphatic carbocycles. The standard InChI is InChI=1S/C14H20N2O.ClH/c1-11-5-2-3-7-13(11)14(17)16-10-12-6-4-8-15-9-12;/h2-3,5,7,12,15H,4,6,8-10H2,1H3,(H,16,17);1H. The molecule has 1 atom stereocenters. The maximum atomic E-state index is 12.0. The van der Waals surface area contributed by atoms with Gasteiger partial charge in [0, 0.05) is 12.1 Å². The smallest absolute Gasteiger partial charge is 0.251 e. The van der Waals surface area contributed by atoms with Crippen molar-refractivity contribution in [1.29, 1.82) is 0 Å². The fraction of sp³-hybridized carbons (Fsp3) is 0.500. The third kappa shape index (κ3) is 4.00. The Morgan fingerprint density at radius 1 is 1.44 bits per heavy atom. The minimum atomic E-state index is 0. The van der Waals surface area contributed by atoms with Crippen LogP contribution in [0.1, 0.15) is 28.8 Å². The summed E-state index contributed by atoms with van der Waals surface area (Å²) in [7, 11) is 0. The lowest BCUT2D eigenvalue weighted by molar-refractivity contribution is 0.0944. The highest BCUT2D eigenvalue weighted by atomic mass is 35.5. The number of halogens is 1. The van der Waals surface area contributed by atoms with Crippen molar-refractivity contribution in [2.24, 2.45) is 5.92 Å². The van der Waals surface area contributed by atoms with Crippen LogP contribution in [0.2, 0.25) is 0 Å². The van der Waals surface area contributed by atoms with Gasteiger partial charge in [-0.25, -0.2) is 0 Å². The summed E-state index contributed by atoms with van der Waals surface area (Å²) in [6.45, 7) is 4.88. The van der Waals surface area contributed by atoms with Gasteiger partial charge in [-0.1, -0.05) is 18.2 Å². The van der Waals surface area contributed by atoms with E-state index in [0.29, 0.717) is 5.92 Å². The Kier molecular flexibility index (Phi) is 6.16. The molecule has 18 heavy (non-hydrogen) atoms. The van der Waals surface area contributed by atoms with E-state index in [-0.39, 0.29) is 18.3 Å². The number of hydrogen-bond donors (Lipinski definition) is 2. The summed E-state index contributed by atoms with van der Waals surface area (Å²) < 4.78 is 0. The number of rotatable bonds is 3. The molecule has 1 saturated heterocycles. The van der Waals surface area contributed by atoms with Crippen LogP contribution < -0.4 is 10.6 Å². The molecule has 1 fully saturated rings. The molecule has 1 aliphatic rings. The van der Waals surface area contributed by atoms with Gasteiger partial charge in [-0.05, 0) is 50.4 Å². The van der Waals surface area contributed by atoms with Gasteiger partial charge in [0.05, 0.1) is 0 Å². The molecule has 0 spiro atoms. The van der Waals surface area contributed by atoms with Crippen LogP contribution in [0.4, 0.5) is 0 Å². The SMILES string of the molecule is Cc1ccccc1C(=O)NCC1CCCNC1.Cl. The second kappa shape index (κ2) is 7.39. The van der Waals surface area contributed by atoms with Crippen LogP contribution in [0.25, 0.3) is 0 Å². The van der Waals surface area contributed by atoms with E-state index in [1.807, 2.05) is 31.2 Å². The normalized spacial score (nSPS) is 18.8. The first-order valence-electron chi connectivity index (χ1n) is 6.32. The number of aryl methyl sites for hydroxylation is 1. The first-order valence-corrected chi connectivity index (χ1v) is 6.32. The Bertz CT molecular complexity index is 389. The molecular formula is C14H21ClN2O. The largest absolute Gasteiger partial charge is 0.352 e. The second-order valence-corrected chi connectivity index (χ2v) is 4.74. The summed E-state index contributed by atoms with van der Waals surface area (Å²) in [4.78, 5) is 12.0. The van der Waals surface area contributed by atoms with E-state index < -0.39 is 0 Å². The van der Waals surface area contributed by atoms with Gasteiger partial charge < -0.3 is 10.6 Å². The summed E-state index contributed by atoms with van der Waals surface area (Å²) in [6, 6.07) is 7.71. The molecule has 0 saturated carbocycles. The van der Waals surface area contributed by atoms with Crippen molar-refractivity contribution in [2.75, 3.05) is 19.6 Å². The quantitative estimate of drug-likeness (QED) is 0.882. The Labute approximate surface area is 115 Å². The van der Waals surface area contributed by atoms with Crippen LogP contribution in [0, 0.1) is 12.8 Å². The summed E-state index contributed by atoms with van der Waals surface area (Å²) in [6.07, 6.45) is 2.42. The third-order valence-corrected chi connectivity index (χ3v) is 3.34. The molecule has 1 amide bonds. The molecule has 4 heteroatoms. The van der Waals surface area contributed by atoms with Crippen molar-refractivity contribution < 1.29 is 4.79 Å². The number of carbonyl (C=O) groups excluding carboxylic acids is 1. The summed E-state index contributed by atoms with van der Waals surface area (Å²) in [5.74, 6) is 0.630. The van der Waals surface area contributed by atoms with Gasteiger partial charge in [-0.2, -0.15) is 0 Å². The molecule has 1 aromatic carbocycles. The summed E-state index contributed by atoms with van der Waals surface area (Å²) >= 11 is 0. The number of piperidine rings is 1. The third-order valence-electron chi connectivity index (χ3n) is 3.34. The lowest BCUT2D eigenvalue weighted by Gasteiger charge is -2.23. The first-order chi connectivity index (χ1) is 8.27. The number of carbonyl (C=O) groups is 1. The second-order valence-electron chi connectivity index (χ2n) is 4.74. The fourth-order valence-electron chi connectivity index (χ4n) is 2.26. The monoisotopic (exact) mass is 268 g/mol. The predicted molar refractivity (Wildman–Crippen MR) is 76.4 cm³/mol. The molecule has 1 aromatic rings. The molecule has 1 unspecified atom stereocenters. The molecule has 2 rings (SSSR count). The van der Waals surface area contributed by atoms with E-state index >= 15 is 0 Å². The van der Waals surface area contributed by atoms with Crippen molar-refractivity contribution in [1.82, 2.24) is 10.6 Å². The number of hydrogen-bond acceptors (Lipinski definition) is 2. The topological polar surface area (TPSA) is 41.1 Å². The minimum absolute atomic E-state index is 0. The zero-order valence-corrected chi connectivity index (χ0v) is 11.6. The average molecular weight is 269 g/mol. The molecule has 2 N–H and O–H groups in total. The van der Waals surface area contributed by atoms with Crippen LogP contribution in [0.5, 0.6) is 0 Å². The predicted octanol–water partition coefficient (Wildman–Crippen LogP) is 2.15. The lowest BCUT2D eigenvalue weighted by atomic mass is 9.99. The average Bonchev–Trinajstić information content (AvgIpc) is 2.38. The minimum Gasteiger partial charge on any atom is -0.352 e. The Morgan fingerprint density at radius 3 is 2.89 bits per heavy atom. The Hall–Kier alpha value is -1.06. The van der Waals surface area contributed by atoms with E-state index in [4.69, 9.17) is 0 Å². The van der Waals surface area contributed by atoms with Crippen LogP contribution >= 0.6 is 12.4 Å². The fourth-order valence-corrected chi connectivity index (χ4v) is 2.26. The van der Waals surface area contributed by atoms with Gasteiger partial charge in [-0.15, -0.1) is 12.4 Å². The van der Waals surface area contributed by atoms with Gasteiger partial charge in [0.15, 0.2) is 0 Å². The highest BCUT2D eigenvalue weighted by Gasteiger charge is 2.14. The maximum absolute atomic E-state index is 12.0. The summed E-state index contributed by atoms with van der Waals surface area (Å²) in [5, 5.41) is 6.39. The molecule has 1 heterocycles. The first kappa shape index (κ1) is 15.0. The summed E-state index contributed by atoms with van der Waals surface area (Å²) in [5.41, 5.74) is 1.82. The molecule has 100 valence electrons. The van der Waals surface area contributed by atoms with Crippen molar-refractivity contribution in [3.63, 3.8) is 0 Å². The Balaban J connectivity index is 0.00000162. The van der Waals surface area contributed by atoms with Crippen LogP contribution in [-0.4, -0.2) is 25.5 Å². The molecule has 0 aromatic heterocycles. The zero-order valence-electron chi connectivity index (χ0n) is 10.7. The van der Waals surface area contributed by atoms with Crippen molar-refractivity contribution in [3.05, 3.63) is 35.4 Å².